The van der Waals surface area contributed by atoms with Crippen LogP contribution >= 0.6 is 0 Å². The van der Waals surface area contributed by atoms with Crippen molar-refractivity contribution in [3.8, 4) is 6.07 Å². The van der Waals surface area contributed by atoms with Crippen molar-refractivity contribution >= 4 is 10.0 Å². The molecular weight excluding hydrogens is 419 g/mol. The molecule has 152 valence electrons. The van der Waals surface area contributed by atoms with Crippen molar-refractivity contribution in [3.05, 3.63) is 34.4 Å². The third-order valence-corrected chi connectivity index (χ3v) is 4.79. The number of halogens is 9. The largest absolute Gasteiger partial charge is 0.417 e. The summed E-state index contributed by atoms with van der Waals surface area (Å²) in [5, 5.41) is 8.37. The second kappa shape index (κ2) is 7.19. The molecule has 0 bridgehead atoms. The van der Waals surface area contributed by atoms with E-state index >= 15 is 0 Å². The van der Waals surface area contributed by atoms with Gasteiger partial charge in [0.2, 0.25) is 10.0 Å². The van der Waals surface area contributed by atoms with Gasteiger partial charge in [-0.2, -0.15) is 49.1 Å². The standard InChI is InChI=1S/C13H9F9N2O2S/c1-24(27(25,26)3-2-23)6-7-4-8(11(14,15)16)10(13(20,21)22)9(5-7)12(17,18)19/h4-5H,3,6H2,1H3. The Kier molecular flexibility index (Phi) is 6.13. The molecule has 0 heterocycles. The van der Waals surface area contributed by atoms with Gasteiger partial charge in [-0.3, -0.25) is 0 Å². The minimum atomic E-state index is -5.97. The lowest BCUT2D eigenvalue weighted by molar-refractivity contribution is -0.174. The topological polar surface area (TPSA) is 61.2 Å². The van der Waals surface area contributed by atoms with Crippen LogP contribution in [0.5, 0.6) is 0 Å². The van der Waals surface area contributed by atoms with Gasteiger partial charge in [0.15, 0.2) is 5.75 Å². The Bertz CT molecular complexity index is 813. The highest BCUT2D eigenvalue weighted by atomic mass is 32.2. The molecule has 0 aromatic heterocycles. The van der Waals surface area contributed by atoms with Crippen LogP contribution in [0.4, 0.5) is 39.5 Å². The fourth-order valence-electron chi connectivity index (χ4n) is 2.09. The first-order valence-corrected chi connectivity index (χ1v) is 8.21. The van der Waals surface area contributed by atoms with Gasteiger partial charge in [0, 0.05) is 13.6 Å². The summed E-state index contributed by atoms with van der Waals surface area (Å²) in [7, 11) is -3.60. The zero-order valence-corrected chi connectivity index (χ0v) is 13.9. The van der Waals surface area contributed by atoms with Crippen LogP contribution < -0.4 is 0 Å². The molecule has 0 saturated carbocycles. The normalized spacial score (nSPS) is 13.7. The molecule has 0 radical (unpaired) electrons. The Labute approximate surface area is 146 Å². The summed E-state index contributed by atoms with van der Waals surface area (Å²) in [6, 6.07) is 0.841. The van der Waals surface area contributed by atoms with E-state index in [0.717, 1.165) is 7.05 Å². The van der Waals surface area contributed by atoms with Crippen LogP contribution in [-0.4, -0.2) is 25.5 Å². The number of alkyl halides is 9. The van der Waals surface area contributed by atoms with Gasteiger partial charge in [-0.25, -0.2) is 8.42 Å². The third kappa shape index (κ3) is 5.48. The summed E-state index contributed by atoms with van der Waals surface area (Å²) >= 11 is 0. The van der Waals surface area contributed by atoms with E-state index in [9.17, 15) is 47.9 Å². The molecule has 0 aliphatic heterocycles. The lowest BCUT2D eigenvalue weighted by atomic mass is 9.96. The SMILES string of the molecule is CN(Cc1cc(C(F)(F)F)c(C(F)(F)F)c(C(F)(F)F)c1)S(=O)(=O)CC#N. The van der Waals surface area contributed by atoms with Gasteiger partial charge in [-0.1, -0.05) is 0 Å². The molecule has 0 aliphatic rings. The van der Waals surface area contributed by atoms with Crippen molar-refractivity contribution in [1.82, 2.24) is 4.31 Å². The average molecular weight is 428 g/mol. The molecule has 1 aromatic carbocycles. The van der Waals surface area contributed by atoms with Crippen LogP contribution in [0.3, 0.4) is 0 Å². The molecule has 0 unspecified atom stereocenters. The van der Waals surface area contributed by atoms with E-state index < -0.39 is 63.1 Å². The van der Waals surface area contributed by atoms with E-state index in [1.165, 1.54) is 6.07 Å². The van der Waals surface area contributed by atoms with Gasteiger partial charge in [0.05, 0.1) is 22.8 Å². The van der Waals surface area contributed by atoms with Crippen LogP contribution in [0.15, 0.2) is 12.1 Å². The number of hydrogen-bond acceptors (Lipinski definition) is 3. The second-order valence-electron chi connectivity index (χ2n) is 5.23. The van der Waals surface area contributed by atoms with Crippen LogP contribution in [0.2, 0.25) is 0 Å². The molecule has 14 heteroatoms. The summed E-state index contributed by atoms with van der Waals surface area (Å²) < 4.78 is 140. The Morgan fingerprint density at radius 3 is 1.63 bits per heavy atom. The van der Waals surface area contributed by atoms with Crippen molar-refractivity contribution in [2.24, 2.45) is 0 Å². The predicted molar refractivity (Wildman–Crippen MR) is 72.3 cm³/mol. The van der Waals surface area contributed by atoms with Crippen LogP contribution in [0.1, 0.15) is 22.3 Å². The quantitative estimate of drug-likeness (QED) is 0.681. The molecule has 0 spiro atoms. The van der Waals surface area contributed by atoms with E-state index in [0.29, 0.717) is 0 Å². The van der Waals surface area contributed by atoms with Crippen LogP contribution in [0, 0.1) is 11.3 Å². The highest BCUT2D eigenvalue weighted by molar-refractivity contribution is 7.89. The highest BCUT2D eigenvalue weighted by Gasteiger charge is 2.50. The van der Waals surface area contributed by atoms with Gasteiger partial charge in [0.1, 0.15) is 0 Å². The van der Waals surface area contributed by atoms with Gasteiger partial charge in [-0.05, 0) is 17.7 Å². The first-order chi connectivity index (χ1) is 11.9. The minimum absolute atomic E-state index is 0.198. The Morgan fingerprint density at radius 2 is 1.33 bits per heavy atom. The zero-order chi connectivity index (χ0) is 21.4. The molecular formula is C13H9F9N2O2S. The Morgan fingerprint density at radius 1 is 0.926 bits per heavy atom. The fraction of sp³-hybridized carbons (Fsp3) is 0.462. The molecule has 0 amide bonds. The summed E-state index contributed by atoms with van der Waals surface area (Å²) in [6.07, 6.45) is -17.5. The first-order valence-electron chi connectivity index (χ1n) is 6.60. The van der Waals surface area contributed by atoms with E-state index in [2.05, 4.69) is 0 Å². The van der Waals surface area contributed by atoms with Gasteiger partial charge < -0.3 is 0 Å². The maximum absolute atomic E-state index is 13.0. The number of sulfonamides is 1. The molecule has 1 aromatic rings. The highest BCUT2D eigenvalue weighted by Crippen LogP contribution is 2.47. The van der Waals surface area contributed by atoms with Crippen molar-refractivity contribution in [2.45, 2.75) is 25.1 Å². The summed E-state index contributed by atoms with van der Waals surface area (Å²) in [4.78, 5) is 0. The van der Waals surface area contributed by atoms with E-state index in [-0.39, 0.29) is 16.4 Å². The number of rotatable bonds is 4. The number of nitriles is 1. The summed E-state index contributed by atoms with van der Waals surface area (Å²) in [5.41, 5.74) is -9.07. The average Bonchev–Trinajstić information content (AvgIpc) is 2.43. The third-order valence-electron chi connectivity index (χ3n) is 3.22. The predicted octanol–water partition coefficient (Wildman–Crippen LogP) is 4.03. The second-order valence-corrected chi connectivity index (χ2v) is 7.31. The van der Waals surface area contributed by atoms with Crippen molar-refractivity contribution in [1.29, 1.82) is 5.26 Å². The van der Waals surface area contributed by atoms with Gasteiger partial charge in [-0.15, -0.1) is 0 Å². The molecule has 0 atom stereocenters. The minimum Gasteiger partial charge on any atom is -0.211 e. The summed E-state index contributed by atoms with van der Waals surface area (Å²) in [6.45, 7) is -1.10. The zero-order valence-electron chi connectivity index (χ0n) is 13.1. The lowest BCUT2D eigenvalue weighted by Gasteiger charge is -2.23. The van der Waals surface area contributed by atoms with Gasteiger partial charge in [0.25, 0.3) is 0 Å². The first kappa shape index (κ1) is 23.0. The number of hydrogen-bond donors (Lipinski definition) is 0. The molecule has 27 heavy (non-hydrogen) atoms. The van der Waals surface area contributed by atoms with Crippen molar-refractivity contribution in [2.75, 3.05) is 12.8 Å². The number of benzene rings is 1. The molecule has 0 saturated heterocycles. The Balaban J connectivity index is 3.71. The molecule has 0 N–H and O–H groups in total. The maximum atomic E-state index is 13.0. The van der Waals surface area contributed by atoms with Crippen LogP contribution in [0.25, 0.3) is 0 Å². The lowest BCUT2D eigenvalue weighted by Crippen LogP contribution is -2.29. The molecule has 1 rings (SSSR count). The van der Waals surface area contributed by atoms with Gasteiger partial charge >= 0.3 is 18.5 Å². The van der Waals surface area contributed by atoms with E-state index in [4.69, 9.17) is 5.26 Å². The van der Waals surface area contributed by atoms with E-state index in [1.54, 1.807) is 0 Å². The van der Waals surface area contributed by atoms with Crippen molar-refractivity contribution < 1.29 is 47.9 Å². The fourth-order valence-corrected chi connectivity index (χ4v) is 2.82. The van der Waals surface area contributed by atoms with E-state index in [1.807, 2.05) is 0 Å². The van der Waals surface area contributed by atoms with Crippen LogP contribution in [-0.2, 0) is 35.1 Å². The van der Waals surface area contributed by atoms with Crippen molar-refractivity contribution in [3.63, 3.8) is 0 Å². The maximum Gasteiger partial charge on any atom is 0.417 e. The smallest absolute Gasteiger partial charge is 0.211 e. The molecule has 4 nitrogen and oxygen atoms in total. The monoisotopic (exact) mass is 428 g/mol. The molecule has 0 aliphatic carbocycles. The number of nitrogens with zero attached hydrogens (tertiary/aromatic N) is 2. The summed E-state index contributed by atoms with van der Waals surface area (Å²) in [5.74, 6) is -1.12. The molecule has 0 fully saturated rings. The Hall–Kier alpha value is -2.01.